The van der Waals surface area contributed by atoms with Crippen molar-refractivity contribution in [2.45, 2.75) is 6.54 Å². The third-order valence-electron chi connectivity index (χ3n) is 3.10. The summed E-state index contributed by atoms with van der Waals surface area (Å²) in [6.07, 6.45) is 0. The van der Waals surface area contributed by atoms with Crippen molar-refractivity contribution in [2.75, 3.05) is 5.32 Å². The zero-order valence-electron chi connectivity index (χ0n) is 10.4. The Bertz CT molecular complexity index is 770. The molecule has 0 aliphatic heterocycles. The van der Waals surface area contributed by atoms with Gasteiger partial charge in [-0.05, 0) is 46.9 Å². The molecule has 5 heteroatoms. The van der Waals surface area contributed by atoms with E-state index in [0.717, 1.165) is 30.9 Å². The van der Waals surface area contributed by atoms with Crippen molar-refractivity contribution < 1.29 is 4.39 Å². The van der Waals surface area contributed by atoms with Gasteiger partial charge in [-0.3, -0.25) is 0 Å². The second kappa shape index (κ2) is 5.61. The summed E-state index contributed by atoms with van der Waals surface area (Å²) in [4.78, 5) is 3.29. The lowest BCUT2D eigenvalue weighted by Crippen LogP contribution is -2.02. The second-order valence-corrected chi connectivity index (χ2v) is 5.98. The number of anilines is 1. The van der Waals surface area contributed by atoms with Crippen LogP contribution in [0.2, 0.25) is 5.02 Å². The average molecular weight is 401 g/mol. The first-order valence-corrected chi connectivity index (χ1v) is 7.55. The molecule has 0 aliphatic carbocycles. The van der Waals surface area contributed by atoms with E-state index in [9.17, 15) is 4.39 Å². The Labute approximate surface area is 134 Å². The van der Waals surface area contributed by atoms with E-state index in [1.807, 2.05) is 24.3 Å². The molecule has 0 fully saturated rings. The topological polar surface area (TPSA) is 27.8 Å². The smallest absolute Gasteiger partial charge is 0.124 e. The van der Waals surface area contributed by atoms with Gasteiger partial charge in [0.1, 0.15) is 5.82 Å². The van der Waals surface area contributed by atoms with E-state index < -0.39 is 0 Å². The van der Waals surface area contributed by atoms with Crippen molar-refractivity contribution in [1.82, 2.24) is 4.98 Å². The molecule has 0 aliphatic rings. The summed E-state index contributed by atoms with van der Waals surface area (Å²) < 4.78 is 13.9. The first-order chi connectivity index (χ1) is 9.65. The van der Waals surface area contributed by atoms with E-state index in [-0.39, 0.29) is 5.82 Å². The first-order valence-electron chi connectivity index (χ1n) is 6.09. The minimum absolute atomic E-state index is 0.233. The molecular formula is C15H11ClFIN2. The lowest BCUT2D eigenvalue weighted by molar-refractivity contribution is 0.627. The summed E-state index contributed by atoms with van der Waals surface area (Å²) in [5.41, 5.74) is 2.83. The predicted octanol–water partition coefficient (Wildman–Crippen LogP) is 5.18. The van der Waals surface area contributed by atoms with Crippen LogP contribution in [-0.2, 0) is 6.54 Å². The van der Waals surface area contributed by atoms with Crippen molar-refractivity contribution in [3.8, 4) is 0 Å². The normalized spacial score (nSPS) is 10.9. The number of nitrogens with one attached hydrogen (secondary N) is 2. The number of hydrogen-bond acceptors (Lipinski definition) is 1. The van der Waals surface area contributed by atoms with Gasteiger partial charge in [0, 0.05) is 20.2 Å². The Hall–Kier alpha value is -1.27. The maximum Gasteiger partial charge on any atom is 0.124 e. The lowest BCUT2D eigenvalue weighted by atomic mass is 10.2. The molecule has 3 aromatic rings. The fourth-order valence-corrected chi connectivity index (χ4v) is 3.05. The maximum absolute atomic E-state index is 13.1. The summed E-state index contributed by atoms with van der Waals surface area (Å²) in [6, 6.07) is 12.6. The quantitative estimate of drug-likeness (QED) is 0.583. The number of H-pyrrole nitrogens is 1. The van der Waals surface area contributed by atoms with Crippen LogP contribution in [0.25, 0.3) is 10.9 Å². The molecule has 0 atom stereocenters. The van der Waals surface area contributed by atoms with Crippen LogP contribution in [0.3, 0.4) is 0 Å². The van der Waals surface area contributed by atoms with Gasteiger partial charge in [0.25, 0.3) is 0 Å². The third-order valence-corrected chi connectivity index (χ3v) is 4.43. The molecule has 2 nitrogen and oxygen atoms in total. The van der Waals surface area contributed by atoms with Crippen LogP contribution in [0.4, 0.5) is 10.1 Å². The molecule has 3 rings (SSSR count). The van der Waals surface area contributed by atoms with E-state index in [1.165, 1.54) is 12.1 Å². The van der Waals surface area contributed by atoms with Crippen LogP contribution in [0.1, 0.15) is 5.69 Å². The highest BCUT2D eigenvalue weighted by Crippen LogP contribution is 2.28. The van der Waals surface area contributed by atoms with Crippen LogP contribution >= 0.6 is 34.2 Å². The highest BCUT2D eigenvalue weighted by molar-refractivity contribution is 14.1. The molecule has 20 heavy (non-hydrogen) atoms. The zero-order valence-corrected chi connectivity index (χ0v) is 13.3. The maximum atomic E-state index is 13.1. The number of benzene rings is 2. The molecule has 1 aromatic heterocycles. The number of hydrogen-bond donors (Lipinski definition) is 2. The van der Waals surface area contributed by atoms with Gasteiger partial charge in [-0.25, -0.2) is 4.39 Å². The van der Waals surface area contributed by atoms with E-state index in [2.05, 4.69) is 32.9 Å². The van der Waals surface area contributed by atoms with Gasteiger partial charge in [0.2, 0.25) is 0 Å². The molecule has 0 saturated heterocycles. The summed E-state index contributed by atoms with van der Waals surface area (Å²) in [7, 11) is 0. The van der Waals surface area contributed by atoms with Crippen LogP contribution in [0, 0.1) is 9.39 Å². The van der Waals surface area contributed by atoms with Gasteiger partial charge >= 0.3 is 0 Å². The van der Waals surface area contributed by atoms with Crippen LogP contribution < -0.4 is 5.32 Å². The number of para-hydroxylation sites is 1. The Morgan fingerprint density at radius 1 is 1.20 bits per heavy atom. The van der Waals surface area contributed by atoms with Gasteiger partial charge in [-0.2, -0.15) is 0 Å². The van der Waals surface area contributed by atoms with E-state index >= 15 is 0 Å². The van der Waals surface area contributed by atoms with Crippen molar-refractivity contribution in [3.05, 3.63) is 62.6 Å². The minimum atomic E-state index is -0.233. The molecule has 1 heterocycles. The van der Waals surface area contributed by atoms with Crippen LogP contribution in [0.15, 0.2) is 42.5 Å². The highest BCUT2D eigenvalue weighted by atomic mass is 127. The summed E-state index contributed by atoms with van der Waals surface area (Å²) in [6.45, 7) is 0.565. The molecule has 0 unspecified atom stereocenters. The Balaban J connectivity index is 1.85. The standard InChI is InChI=1S/C15H11ClFIN2/c16-15-10-3-1-2-4-12(10)20-14(15)8-19-13-6-5-9(17)7-11(13)18/h1-7,19-20H,8H2. The molecule has 2 aromatic carbocycles. The second-order valence-electron chi connectivity index (χ2n) is 4.44. The van der Waals surface area contributed by atoms with Gasteiger partial charge < -0.3 is 10.3 Å². The molecule has 102 valence electrons. The Morgan fingerprint density at radius 3 is 2.75 bits per heavy atom. The Kier molecular flexibility index (Phi) is 3.85. The monoisotopic (exact) mass is 400 g/mol. The first kappa shape index (κ1) is 13.7. The van der Waals surface area contributed by atoms with E-state index in [4.69, 9.17) is 11.6 Å². The van der Waals surface area contributed by atoms with E-state index in [0.29, 0.717) is 6.54 Å². The molecule has 2 N–H and O–H groups in total. The molecule has 0 amide bonds. The fourth-order valence-electron chi connectivity index (χ4n) is 2.10. The number of rotatable bonds is 3. The predicted molar refractivity (Wildman–Crippen MR) is 89.8 cm³/mol. The van der Waals surface area contributed by atoms with Crippen LogP contribution in [0.5, 0.6) is 0 Å². The van der Waals surface area contributed by atoms with Crippen molar-refractivity contribution in [3.63, 3.8) is 0 Å². The summed E-state index contributed by atoms with van der Waals surface area (Å²) in [5.74, 6) is -0.233. The largest absolute Gasteiger partial charge is 0.379 e. The Morgan fingerprint density at radius 2 is 2.00 bits per heavy atom. The summed E-state index contributed by atoms with van der Waals surface area (Å²) >= 11 is 8.46. The lowest BCUT2D eigenvalue weighted by Gasteiger charge is -2.08. The molecule has 0 bridgehead atoms. The van der Waals surface area contributed by atoms with Gasteiger partial charge in [0.15, 0.2) is 0 Å². The highest BCUT2D eigenvalue weighted by Gasteiger charge is 2.09. The molecule has 0 radical (unpaired) electrons. The molecule has 0 saturated carbocycles. The fraction of sp³-hybridized carbons (Fsp3) is 0.0667. The third kappa shape index (κ3) is 2.62. The van der Waals surface area contributed by atoms with Crippen molar-refractivity contribution >= 4 is 50.8 Å². The van der Waals surface area contributed by atoms with Crippen molar-refractivity contribution in [1.29, 1.82) is 0 Å². The number of aromatic nitrogens is 1. The zero-order chi connectivity index (χ0) is 14.1. The van der Waals surface area contributed by atoms with E-state index in [1.54, 1.807) is 6.07 Å². The van der Waals surface area contributed by atoms with Gasteiger partial charge in [0.05, 0.1) is 17.3 Å². The number of halogens is 3. The molecular weight excluding hydrogens is 390 g/mol. The minimum Gasteiger partial charge on any atom is -0.379 e. The SMILES string of the molecule is Fc1ccc(NCc2[nH]c3ccccc3c2Cl)c(I)c1. The average Bonchev–Trinajstić information content (AvgIpc) is 2.75. The van der Waals surface area contributed by atoms with Crippen molar-refractivity contribution in [2.24, 2.45) is 0 Å². The van der Waals surface area contributed by atoms with Gasteiger partial charge in [-0.15, -0.1) is 0 Å². The number of aromatic amines is 1. The summed E-state index contributed by atoms with van der Waals surface area (Å²) in [5, 5.41) is 5.01. The van der Waals surface area contributed by atoms with Gasteiger partial charge in [-0.1, -0.05) is 29.8 Å². The molecule has 0 spiro atoms. The number of fused-ring (bicyclic) bond motifs is 1. The van der Waals surface area contributed by atoms with Crippen LogP contribution in [-0.4, -0.2) is 4.98 Å².